The molecule has 428 valence electrons. The summed E-state index contributed by atoms with van der Waals surface area (Å²) in [5.74, 6) is -6.59. The van der Waals surface area contributed by atoms with Crippen LogP contribution in [0.2, 0.25) is 0 Å². The number of carboxylic acid groups (broad SMARTS) is 1. The lowest BCUT2D eigenvalue weighted by molar-refractivity contribution is -0.156. The van der Waals surface area contributed by atoms with Crippen LogP contribution in [0.5, 0.6) is 5.75 Å². The summed E-state index contributed by atoms with van der Waals surface area (Å²) in [4.78, 5) is 111. The molecule has 0 aromatic heterocycles. The van der Waals surface area contributed by atoms with Gasteiger partial charge >= 0.3 is 18.0 Å². The summed E-state index contributed by atoms with van der Waals surface area (Å²) in [7, 11) is 0. The standard InChI is InChI=1S/C59H84N6O13/c1-16-35(4)48(52(70)65-59(14,15)54(73)62-45(53(71)72)29-34(2)3)64-51(69)46(33-76-56(5,6)7)61-49(67)43(30-36-25-27-37(28-26-36)77-57(8,9)10)60-50(68)44(31-47(66)78-58(11,12)13)63-55(74)75-32-42-40-23-19-17-21-38(40)39-22-18-20-24-41(39)42/h17-28,34-35,42-46,48H,16,29-33H2,1-15H3,(H,60,68)(H,61,67)(H,62,73)(H,63,74)(H,64,69)(H,65,70)(H,71,72)/t35-,43-,44-,45-,46-,48-/m0/s1. The predicted octanol–water partition coefficient (Wildman–Crippen LogP) is 6.87. The molecule has 0 saturated carbocycles. The molecule has 78 heavy (non-hydrogen) atoms. The number of carbonyl (C=O) groups excluding carboxylic acids is 7. The molecule has 7 N–H and O–H groups in total. The SMILES string of the molecule is CC[C@H](C)[C@H](NC(=O)[C@H](COC(C)(C)C)NC(=O)[C@H](Cc1ccc(OC(C)(C)C)cc1)NC(=O)[C@H](CC(=O)OC(C)(C)C)NC(=O)OCC1c2ccccc2-c2ccccc21)C(=O)NC(C)(C)C(=O)N[C@@H](CC(C)C)C(=O)O. The van der Waals surface area contributed by atoms with E-state index >= 15 is 0 Å². The van der Waals surface area contributed by atoms with Crippen LogP contribution in [0.15, 0.2) is 72.8 Å². The third kappa shape index (κ3) is 19.8. The molecule has 0 spiro atoms. The van der Waals surface area contributed by atoms with Crippen LogP contribution >= 0.6 is 0 Å². The summed E-state index contributed by atoms with van der Waals surface area (Å²) in [6.07, 6.45) is -1.29. The van der Waals surface area contributed by atoms with Gasteiger partial charge in [0.2, 0.25) is 29.5 Å². The van der Waals surface area contributed by atoms with Crippen molar-refractivity contribution in [3.63, 3.8) is 0 Å². The van der Waals surface area contributed by atoms with Crippen molar-refractivity contribution in [2.24, 2.45) is 11.8 Å². The van der Waals surface area contributed by atoms with Gasteiger partial charge < -0.3 is 56.0 Å². The molecule has 3 aromatic rings. The Morgan fingerprint density at radius 3 is 1.65 bits per heavy atom. The van der Waals surface area contributed by atoms with Gasteiger partial charge in [-0.05, 0) is 134 Å². The second-order valence-electron chi connectivity index (χ2n) is 23.9. The Morgan fingerprint density at radius 1 is 0.603 bits per heavy atom. The first-order valence-electron chi connectivity index (χ1n) is 26.7. The first-order valence-corrected chi connectivity index (χ1v) is 26.7. The van der Waals surface area contributed by atoms with Crippen molar-refractivity contribution in [2.45, 2.75) is 188 Å². The van der Waals surface area contributed by atoms with Crippen LogP contribution in [0, 0.1) is 11.8 Å². The van der Waals surface area contributed by atoms with Gasteiger partial charge in [0.05, 0.1) is 18.6 Å². The van der Waals surface area contributed by atoms with E-state index in [0.717, 1.165) is 22.3 Å². The number of alkyl carbamates (subject to hydrolysis) is 1. The highest BCUT2D eigenvalue weighted by atomic mass is 16.6. The van der Waals surface area contributed by atoms with Crippen molar-refractivity contribution < 1.29 is 62.4 Å². The molecule has 3 aromatic carbocycles. The van der Waals surface area contributed by atoms with Crippen LogP contribution in [-0.2, 0) is 54.2 Å². The van der Waals surface area contributed by atoms with E-state index in [-0.39, 0.29) is 31.3 Å². The number of amides is 6. The number of nitrogens with one attached hydrogen (secondary N) is 6. The quantitative estimate of drug-likeness (QED) is 0.0428. The van der Waals surface area contributed by atoms with Gasteiger partial charge in [-0.3, -0.25) is 28.8 Å². The van der Waals surface area contributed by atoms with Crippen molar-refractivity contribution in [3.05, 3.63) is 89.5 Å². The van der Waals surface area contributed by atoms with Crippen molar-refractivity contribution in [1.29, 1.82) is 0 Å². The molecule has 0 heterocycles. The van der Waals surface area contributed by atoms with E-state index in [4.69, 9.17) is 18.9 Å². The molecule has 0 unspecified atom stereocenters. The Kier molecular flexibility index (Phi) is 22.0. The van der Waals surface area contributed by atoms with E-state index < -0.39 is 119 Å². The normalized spacial score (nSPS) is 14.9. The van der Waals surface area contributed by atoms with E-state index in [2.05, 4.69) is 31.9 Å². The molecule has 0 fully saturated rings. The van der Waals surface area contributed by atoms with Gasteiger partial charge in [0.25, 0.3) is 0 Å². The van der Waals surface area contributed by atoms with Gasteiger partial charge in [0.1, 0.15) is 59.3 Å². The third-order valence-electron chi connectivity index (χ3n) is 12.6. The third-order valence-corrected chi connectivity index (χ3v) is 12.6. The van der Waals surface area contributed by atoms with Gasteiger partial charge in [-0.2, -0.15) is 0 Å². The monoisotopic (exact) mass is 1080 g/mol. The maximum Gasteiger partial charge on any atom is 0.407 e. The second kappa shape index (κ2) is 27.0. The van der Waals surface area contributed by atoms with Crippen molar-refractivity contribution in [1.82, 2.24) is 31.9 Å². The highest BCUT2D eigenvalue weighted by Crippen LogP contribution is 2.44. The maximum absolute atomic E-state index is 14.8. The van der Waals surface area contributed by atoms with E-state index in [9.17, 15) is 43.5 Å². The average Bonchev–Trinajstić information content (AvgIpc) is 3.65. The van der Waals surface area contributed by atoms with Gasteiger partial charge in [-0.25, -0.2) is 9.59 Å². The minimum Gasteiger partial charge on any atom is -0.488 e. The predicted molar refractivity (Wildman–Crippen MR) is 295 cm³/mol. The molecule has 0 aliphatic heterocycles. The zero-order valence-electron chi connectivity index (χ0n) is 48.1. The van der Waals surface area contributed by atoms with E-state index in [1.54, 1.807) is 79.7 Å². The van der Waals surface area contributed by atoms with Crippen molar-refractivity contribution in [2.75, 3.05) is 13.2 Å². The number of fused-ring (bicyclic) bond motifs is 3. The fourth-order valence-electron chi connectivity index (χ4n) is 8.52. The molecule has 0 radical (unpaired) electrons. The number of ether oxygens (including phenoxy) is 4. The highest BCUT2D eigenvalue weighted by Gasteiger charge is 2.39. The molecule has 1 aliphatic carbocycles. The topological polar surface area (TPSA) is 266 Å². The minimum absolute atomic E-state index is 0.0591. The Balaban J connectivity index is 1.66. The summed E-state index contributed by atoms with van der Waals surface area (Å²) in [5.41, 5.74) is 0.526. The lowest BCUT2D eigenvalue weighted by Gasteiger charge is -2.32. The van der Waals surface area contributed by atoms with Gasteiger partial charge in [-0.1, -0.05) is 94.8 Å². The van der Waals surface area contributed by atoms with E-state index in [1.807, 2.05) is 83.1 Å². The molecule has 6 amide bonds. The maximum atomic E-state index is 14.8. The number of aliphatic carboxylic acids is 1. The van der Waals surface area contributed by atoms with Gasteiger partial charge in [-0.15, -0.1) is 0 Å². The first-order chi connectivity index (χ1) is 36.2. The number of benzene rings is 3. The molecule has 19 nitrogen and oxygen atoms in total. The van der Waals surface area contributed by atoms with Gasteiger partial charge in [0.15, 0.2) is 0 Å². The molecule has 0 saturated heterocycles. The van der Waals surface area contributed by atoms with Crippen molar-refractivity contribution >= 4 is 47.6 Å². The smallest absolute Gasteiger partial charge is 0.407 e. The Hall–Kier alpha value is -7.02. The van der Waals surface area contributed by atoms with Crippen LogP contribution in [0.4, 0.5) is 4.79 Å². The summed E-state index contributed by atoms with van der Waals surface area (Å²) < 4.78 is 23.4. The molecule has 0 bridgehead atoms. The number of hydrogen-bond acceptors (Lipinski definition) is 12. The van der Waals surface area contributed by atoms with Crippen LogP contribution in [0.3, 0.4) is 0 Å². The molecule has 4 rings (SSSR count). The summed E-state index contributed by atoms with van der Waals surface area (Å²) in [6.45, 7) is 25.3. The zero-order chi connectivity index (χ0) is 58.5. The van der Waals surface area contributed by atoms with Crippen molar-refractivity contribution in [3.8, 4) is 16.9 Å². The molecule has 6 atom stereocenters. The summed E-state index contributed by atoms with van der Waals surface area (Å²) >= 11 is 0. The van der Waals surface area contributed by atoms with Crippen LogP contribution in [0.25, 0.3) is 11.1 Å². The van der Waals surface area contributed by atoms with Crippen LogP contribution < -0.4 is 36.6 Å². The summed E-state index contributed by atoms with van der Waals surface area (Å²) in [6, 6.07) is 15.3. The lowest BCUT2D eigenvalue weighted by Crippen LogP contribution is -2.64. The minimum atomic E-state index is -1.63. The van der Waals surface area contributed by atoms with Gasteiger partial charge in [0, 0.05) is 12.3 Å². The first kappa shape index (κ1) is 63.5. The van der Waals surface area contributed by atoms with Crippen LogP contribution in [-0.4, -0.2) is 118 Å². The zero-order valence-corrected chi connectivity index (χ0v) is 48.1. The number of carboxylic acids is 1. The number of hydrogen-bond donors (Lipinski definition) is 7. The number of esters is 1. The number of rotatable bonds is 25. The summed E-state index contributed by atoms with van der Waals surface area (Å²) in [5, 5.41) is 25.7. The highest BCUT2D eigenvalue weighted by molar-refractivity contribution is 5.98. The Labute approximate surface area is 459 Å². The molecule has 19 heteroatoms. The lowest BCUT2D eigenvalue weighted by atomic mass is 9.95. The fourth-order valence-corrected chi connectivity index (χ4v) is 8.52. The molecular formula is C59H84N6O13. The average molecular weight is 1090 g/mol. The Bertz CT molecular complexity index is 2550. The number of carbonyl (C=O) groups is 8. The fraction of sp³-hybridized carbons (Fsp3) is 0.559. The largest absolute Gasteiger partial charge is 0.488 e. The molecule has 1 aliphatic rings. The van der Waals surface area contributed by atoms with E-state index in [0.29, 0.717) is 17.7 Å². The second-order valence-corrected chi connectivity index (χ2v) is 23.9. The van der Waals surface area contributed by atoms with Crippen LogP contribution in [0.1, 0.15) is 146 Å². The van der Waals surface area contributed by atoms with E-state index in [1.165, 1.54) is 13.8 Å². The molecular weight excluding hydrogens is 1000 g/mol. The Morgan fingerprint density at radius 2 is 1.14 bits per heavy atom.